The molecule has 0 radical (unpaired) electrons. The van der Waals surface area contributed by atoms with Crippen molar-refractivity contribution in [3.05, 3.63) is 48.3 Å². The maximum Gasteiger partial charge on any atom is 0.130 e. The van der Waals surface area contributed by atoms with E-state index in [4.69, 9.17) is 0 Å². The molecule has 2 aromatic rings. The minimum atomic E-state index is -0.245. The molecule has 0 N–H and O–H groups in total. The Kier molecular flexibility index (Phi) is 2.95. The van der Waals surface area contributed by atoms with Crippen molar-refractivity contribution in [2.75, 3.05) is 0 Å². The van der Waals surface area contributed by atoms with Crippen LogP contribution in [0.5, 0.6) is 0 Å². The Morgan fingerprint density at radius 2 is 1.75 bits per heavy atom. The molecular weight excluding hydrogens is 203 g/mol. The Morgan fingerprint density at radius 1 is 1.06 bits per heavy atom. The lowest BCUT2D eigenvalue weighted by Gasteiger charge is -2.04. The largest absolute Gasteiger partial charge is 0.240 e. The van der Waals surface area contributed by atoms with Crippen LogP contribution in [0.3, 0.4) is 0 Å². The fourth-order valence-electron chi connectivity index (χ4n) is 1.45. The summed E-state index contributed by atoms with van der Waals surface area (Å²) < 4.78 is 13.0. The molecule has 1 heterocycles. The highest BCUT2D eigenvalue weighted by Crippen LogP contribution is 2.19. The molecule has 3 heteroatoms. The number of aromatic nitrogens is 2. The first-order valence-electron chi connectivity index (χ1n) is 5.24. The zero-order valence-corrected chi connectivity index (χ0v) is 9.31. The highest BCUT2D eigenvalue weighted by atomic mass is 19.1. The van der Waals surface area contributed by atoms with Crippen molar-refractivity contribution in [1.29, 1.82) is 0 Å². The van der Waals surface area contributed by atoms with Gasteiger partial charge in [-0.2, -0.15) is 0 Å². The van der Waals surface area contributed by atoms with Crippen LogP contribution < -0.4 is 0 Å². The van der Waals surface area contributed by atoms with Crippen LogP contribution in [-0.4, -0.2) is 9.97 Å². The molecule has 0 aliphatic heterocycles. The minimum Gasteiger partial charge on any atom is -0.240 e. The van der Waals surface area contributed by atoms with Crippen molar-refractivity contribution in [2.24, 2.45) is 0 Å². The van der Waals surface area contributed by atoms with Gasteiger partial charge in [-0.15, -0.1) is 0 Å². The summed E-state index contributed by atoms with van der Waals surface area (Å²) in [7, 11) is 0. The zero-order chi connectivity index (χ0) is 11.5. The Bertz CT molecular complexity index is 478. The summed E-state index contributed by atoms with van der Waals surface area (Å²) in [6.45, 7) is 4.08. The second kappa shape index (κ2) is 4.39. The van der Waals surface area contributed by atoms with Crippen molar-refractivity contribution < 1.29 is 4.39 Å². The molecule has 82 valence electrons. The van der Waals surface area contributed by atoms with Crippen LogP contribution in [0, 0.1) is 5.82 Å². The van der Waals surface area contributed by atoms with Crippen LogP contribution in [0.4, 0.5) is 4.39 Å². The first-order valence-corrected chi connectivity index (χ1v) is 5.24. The van der Waals surface area contributed by atoms with Gasteiger partial charge in [0.05, 0.1) is 0 Å². The van der Waals surface area contributed by atoms with Gasteiger partial charge in [0.2, 0.25) is 0 Å². The van der Waals surface area contributed by atoms with Crippen LogP contribution in [0.1, 0.15) is 25.6 Å². The molecule has 0 saturated heterocycles. The Balaban J connectivity index is 2.35. The van der Waals surface area contributed by atoms with Crippen LogP contribution in [0.2, 0.25) is 0 Å². The van der Waals surface area contributed by atoms with E-state index in [1.54, 1.807) is 18.5 Å². The molecule has 0 spiro atoms. The van der Waals surface area contributed by atoms with Crippen LogP contribution in [0.25, 0.3) is 11.1 Å². The highest BCUT2D eigenvalue weighted by molar-refractivity contribution is 5.61. The van der Waals surface area contributed by atoms with Crippen LogP contribution in [-0.2, 0) is 0 Å². The van der Waals surface area contributed by atoms with E-state index in [1.165, 1.54) is 12.1 Å². The van der Waals surface area contributed by atoms with Gasteiger partial charge >= 0.3 is 0 Å². The van der Waals surface area contributed by atoms with Gasteiger partial charge in [-0.25, -0.2) is 14.4 Å². The van der Waals surface area contributed by atoms with E-state index in [0.717, 1.165) is 17.0 Å². The average molecular weight is 216 g/mol. The first-order chi connectivity index (χ1) is 7.66. The highest BCUT2D eigenvalue weighted by Gasteiger charge is 2.04. The zero-order valence-electron chi connectivity index (χ0n) is 9.31. The smallest absolute Gasteiger partial charge is 0.130 e. The Morgan fingerprint density at radius 3 is 2.31 bits per heavy atom. The molecule has 0 bridgehead atoms. The van der Waals surface area contributed by atoms with Crippen molar-refractivity contribution in [3.63, 3.8) is 0 Å². The summed E-state index contributed by atoms with van der Waals surface area (Å²) in [5.74, 6) is 0.868. The monoisotopic (exact) mass is 216 g/mol. The van der Waals surface area contributed by atoms with Gasteiger partial charge in [0.15, 0.2) is 0 Å². The third kappa shape index (κ3) is 2.24. The average Bonchev–Trinajstić information content (AvgIpc) is 2.29. The van der Waals surface area contributed by atoms with Crippen LogP contribution >= 0.6 is 0 Å². The van der Waals surface area contributed by atoms with E-state index in [1.807, 2.05) is 19.9 Å². The third-order valence-corrected chi connectivity index (χ3v) is 2.35. The SMILES string of the molecule is CC(C)c1ncc(-c2cccc(F)c2)cn1. The van der Waals surface area contributed by atoms with E-state index in [2.05, 4.69) is 9.97 Å². The van der Waals surface area contributed by atoms with Gasteiger partial charge in [0.1, 0.15) is 11.6 Å². The number of halogens is 1. The Labute approximate surface area is 94.2 Å². The van der Waals surface area contributed by atoms with E-state index < -0.39 is 0 Å². The number of hydrogen-bond acceptors (Lipinski definition) is 2. The molecule has 0 saturated carbocycles. The summed E-state index contributed by atoms with van der Waals surface area (Å²) >= 11 is 0. The minimum absolute atomic E-state index is 0.245. The van der Waals surface area contributed by atoms with Gasteiger partial charge in [0, 0.05) is 23.9 Å². The second-order valence-corrected chi connectivity index (χ2v) is 3.99. The van der Waals surface area contributed by atoms with E-state index >= 15 is 0 Å². The summed E-state index contributed by atoms with van der Waals surface area (Å²) in [6.07, 6.45) is 3.47. The summed E-state index contributed by atoms with van der Waals surface area (Å²) in [6, 6.07) is 6.43. The molecule has 0 aliphatic rings. The first kappa shape index (κ1) is 10.7. The molecule has 0 fully saturated rings. The van der Waals surface area contributed by atoms with Crippen LogP contribution in [0.15, 0.2) is 36.7 Å². The summed E-state index contributed by atoms with van der Waals surface area (Å²) in [5, 5.41) is 0. The van der Waals surface area contributed by atoms with E-state index in [0.29, 0.717) is 5.92 Å². The molecule has 2 rings (SSSR count). The second-order valence-electron chi connectivity index (χ2n) is 3.99. The van der Waals surface area contributed by atoms with Crippen molar-refractivity contribution in [1.82, 2.24) is 9.97 Å². The predicted molar refractivity (Wildman–Crippen MR) is 61.5 cm³/mol. The van der Waals surface area contributed by atoms with Gasteiger partial charge in [-0.05, 0) is 17.7 Å². The molecular formula is C13H13FN2. The molecule has 0 unspecified atom stereocenters. The van der Waals surface area contributed by atoms with E-state index in [-0.39, 0.29) is 5.82 Å². The quantitative estimate of drug-likeness (QED) is 0.768. The van der Waals surface area contributed by atoms with Gasteiger partial charge < -0.3 is 0 Å². The molecule has 2 nitrogen and oxygen atoms in total. The molecule has 1 aromatic heterocycles. The lowest BCUT2D eigenvalue weighted by atomic mass is 10.1. The van der Waals surface area contributed by atoms with Gasteiger partial charge in [-0.3, -0.25) is 0 Å². The topological polar surface area (TPSA) is 25.8 Å². The van der Waals surface area contributed by atoms with Crippen molar-refractivity contribution in [2.45, 2.75) is 19.8 Å². The molecule has 0 amide bonds. The number of hydrogen-bond donors (Lipinski definition) is 0. The van der Waals surface area contributed by atoms with Gasteiger partial charge in [-0.1, -0.05) is 26.0 Å². The molecule has 0 aliphatic carbocycles. The Hall–Kier alpha value is -1.77. The van der Waals surface area contributed by atoms with Crippen molar-refractivity contribution >= 4 is 0 Å². The molecule has 16 heavy (non-hydrogen) atoms. The predicted octanol–water partition coefficient (Wildman–Crippen LogP) is 3.41. The summed E-state index contributed by atoms with van der Waals surface area (Å²) in [4.78, 5) is 8.50. The lowest BCUT2D eigenvalue weighted by Crippen LogP contribution is -1.96. The maximum atomic E-state index is 13.0. The summed E-state index contributed by atoms with van der Waals surface area (Å²) in [5.41, 5.74) is 1.64. The fourth-order valence-corrected chi connectivity index (χ4v) is 1.45. The van der Waals surface area contributed by atoms with Crippen molar-refractivity contribution in [3.8, 4) is 11.1 Å². The molecule has 1 aromatic carbocycles. The number of benzene rings is 1. The van der Waals surface area contributed by atoms with E-state index in [9.17, 15) is 4.39 Å². The standard InChI is InChI=1S/C13H13FN2/c1-9(2)13-15-7-11(8-16-13)10-4-3-5-12(14)6-10/h3-9H,1-2H3. The van der Waals surface area contributed by atoms with Gasteiger partial charge in [0.25, 0.3) is 0 Å². The normalized spacial score (nSPS) is 10.8. The maximum absolute atomic E-state index is 13.0. The lowest BCUT2D eigenvalue weighted by molar-refractivity contribution is 0.628. The number of rotatable bonds is 2. The fraction of sp³-hybridized carbons (Fsp3) is 0.231. The molecule has 0 atom stereocenters. The number of nitrogens with zero attached hydrogens (tertiary/aromatic N) is 2. The third-order valence-electron chi connectivity index (χ3n) is 2.35.